The highest BCUT2D eigenvalue weighted by molar-refractivity contribution is 5.94. The first-order valence-electron chi connectivity index (χ1n) is 8.79. The number of hydrogen-bond donors (Lipinski definition) is 0. The van der Waals surface area contributed by atoms with Gasteiger partial charge in [-0.15, -0.1) is 6.58 Å². The summed E-state index contributed by atoms with van der Waals surface area (Å²) in [6.45, 7) is 7.13. The Kier molecular flexibility index (Phi) is 4.18. The maximum Gasteiger partial charge on any atom is 0.0160 e. The van der Waals surface area contributed by atoms with Crippen molar-refractivity contribution < 1.29 is 0 Å². The molecule has 0 bridgehead atoms. The fourth-order valence-corrected chi connectivity index (χ4v) is 3.88. The molecule has 0 N–H and O–H groups in total. The van der Waals surface area contributed by atoms with Crippen molar-refractivity contribution >= 4 is 17.7 Å². The molecule has 1 saturated heterocycles. The van der Waals surface area contributed by atoms with Crippen LogP contribution < -0.4 is 0 Å². The SMILES string of the molecule is C=CCN1CCC(=C2c3ccccc3C=Cc3ccccc32)CC1. The molecular formula is C23H23N. The third-order valence-electron chi connectivity index (χ3n) is 5.10. The van der Waals surface area contributed by atoms with E-state index in [1.807, 2.05) is 6.08 Å². The van der Waals surface area contributed by atoms with E-state index in [4.69, 9.17) is 0 Å². The van der Waals surface area contributed by atoms with Gasteiger partial charge in [-0.1, -0.05) is 72.3 Å². The lowest BCUT2D eigenvalue weighted by Crippen LogP contribution is -2.31. The highest BCUT2D eigenvalue weighted by Crippen LogP contribution is 2.38. The Balaban J connectivity index is 1.84. The van der Waals surface area contributed by atoms with Gasteiger partial charge in [0.2, 0.25) is 0 Å². The summed E-state index contributed by atoms with van der Waals surface area (Å²) in [5.74, 6) is 0. The number of benzene rings is 2. The molecule has 2 aromatic carbocycles. The highest BCUT2D eigenvalue weighted by atomic mass is 15.1. The smallest absolute Gasteiger partial charge is 0.0160 e. The van der Waals surface area contributed by atoms with Crippen LogP contribution in [0, 0.1) is 0 Å². The van der Waals surface area contributed by atoms with E-state index in [9.17, 15) is 0 Å². The molecule has 0 aromatic heterocycles. The van der Waals surface area contributed by atoms with Crippen molar-refractivity contribution in [2.24, 2.45) is 0 Å². The van der Waals surface area contributed by atoms with Crippen molar-refractivity contribution in [3.8, 4) is 0 Å². The summed E-state index contributed by atoms with van der Waals surface area (Å²) < 4.78 is 0. The van der Waals surface area contributed by atoms with Crippen LogP contribution in [0.2, 0.25) is 0 Å². The predicted octanol–water partition coefficient (Wildman–Crippen LogP) is 5.25. The molecule has 120 valence electrons. The fourth-order valence-electron chi connectivity index (χ4n) is 3.88. The Labute approximate surface area is 144 Å². The Hall–Kier alpha value is -2.38. The highest BCUT2D eigenvalue weighted by Gasteiger charge is 2.21. The molecule has 2 aromatic rings. The van der Waals surface area contributed by atoms with E-state index in [1.165, 1.54) is 27.8 Å². The van der Waals surface area contributed by atoms with Gasteiger partial charge in [0, 0.05) is 19.6 Å². The third-order valence-corrected chi connectivity index (χ3v) is 5.10. The van der Waals surface area contributed by atoms with Gasteiger partial charge >= 0.3 is 0 Å². The topological polar surface area (TPSA) is 3.24 Å². The molecule has 1 fully saturated rings. The van der Waals surface area contributed by atoms with Crippen LogP contribution in [0.15, 0.2) is 66.8 Å². The number of fused-ring (bicyclic) bond motifs is 2. The molecule has 1 heteroatoms. The van der Waals surface area contributed by atoms with Gasteiger partial charge in [0.25, 0.3) is 0 Å². The average molecular weight is 313 g/mol. The molecule has 0 amide bonds. The summed E-state index contributed by atoms with van der Waals surface area (Å²) in [5, 5.41) is 0. The van der Waals surface area contributed by atoms with Crippen LogP contribution in [-0.4, -0.2) is 24.5 Å². The molecule has 1 aliphatic carbocycles. The zero-order valence-corrected chi connectivity index (χ0v) is 14.0. The van der Waals surface area contributed by atoms with E-state index in [-0.39, 0.29) is 0 Å². The summed E-state index contributed by atoms with van der Waals surface area (Å²) in [4.78, 5) is 2.49. The van der Waals surface area contributed by atoms with Crippen LogP contribution in [0.3, 0.4) is 0 Å². The third kappa shape index (κ3) is 2.76. The molecule has 24 heavy (non-hydrogen) atoms. The van der Waals surface area contributed by atoms with Crippen LogP contribution in [0.5, 0.6) is 0 Å². The summed E-state index contributed by atoms with van der Waals surface area (Å²) >= 11 is 0. The summed E-state index contributed by atoms with van der Waals surface area (Å²) in [5.41, 5.74) is 8.47. The summed E-state index contributed by atoms with van der Waals surface area (Å²) in [7, 11) is 0. The summed E-state index contributed by atoms with van der Waals surface area (Å²) in [6.07, 6.45) is 8.82. The van der Waals surface area contributed by atoms with Gasteiger partial charge in [0.05, 0.1) is 0 Å². The maximum absolute atomic E-state index is 3.87. The lowest BCUT2D eigenvalue weighted by molar-refractivity contribution is 0.283. The number of nitrogens with zero attached hydrogens (tertiary/aromatic N) is 1. The minimum absolute atomic E-state index is 0.997. The molecular weight excluding hydrogens is 290 g/mol. The van der Waals surface area contributed by atoms with Gasteiger partial charge in [-0.2, -0.15) is 0 Å². The second kappa shape index (κ2) is 6.62. The predicted molar refractivity (Wildman–Crippen MR) is 104 cm³/mol. The van der Waals surface area contributed by atoms with E-state index in [0.29, 0.717) is 0 Å². The van der Waals surface area contributed by atoms with Gasteiger partial charge in [-0.25, -0.2) is 0 Å². The van der Waals surface area contributed by atoms with Gasteiger partial charge in [0.15, 0.2) is 0 Å². The minimum atomic E-state index is 0.997. The van der Waals surface area contributed by atoms with Crippen LogP contribution in [0.1, 0.15) is 35.1 Å². The zero-order chi connectivity index (χ0) is 16.4. The standard InChI is InChI=1S/C23H23N/c1-2-15-24-16-13-20(14-17-24)23-21-9-5-3-7-18(21)11-12-19-8-4-6-10-22(19)23/h2-12H,1,13-17H2. The van der Waals surface area contributed by atoms with Crippen molar-refractivity contribution in [1.29, 1.82) is 0 Å². The first kappa shape index (κ1) is 15.2. The molecule has 1 aliphatic heterocycles. The van der Waals surface area contributed by atoms with Crippen molar-refractivity contribution in [3.63, 3.8) is 0 Å². The van der Waals surface area contributed by atoms with Crippen molar-refractivity contribution in [2.75, 3.05) is 19.6 Å². The number of hydrogen-bond acceptors (Lipinski definition) is 1. The van der Waals surface area contributed by atoms with Crippen LogP contribution >= 0.6 is 0 Å². The van der Waals surface area contributed by atoms with Crippen LogP contribution in [0.4, 0.5) is 0 Å². The lowest BCUT2D eigenvalue weighted by Gasteiger charge is -2.29. The maximum atomic E-state index is 3.87. The van der Waals surface area contributed by atoms with E-state index in [1.54, 1.807) is 5.57 Å². The van der Waals surface area contributed by atoms with Crippen LogP contribution in [0.25, 0.3) is 17.7 Å². The van der Waals surface area contributed by atoms with Crippen LogP contribution in [-0.2, 0) is 0 Å². The van der Waals surface area contributed by atoms with Gasteiger partial charge in [-0.3, -0.25) is 4.90 Å². The van der Waals surface area contributed by atoms with E-state index in [0.717, 1.165) is 32.5 Å². The molecule has 1 heterocycles. The average Bonchev–Trinajstić information content (AvgIpc) is 2.80. The molecule has 0 atom stereocenters. The largest absolute Gasteiger partial charge is 0.299 e. The molecule has 0 unspecified atom stereocenters. The molecule has 2 aliphatic rings. The van der Waals surface area contributed by atoms with Gasteiger partial charge < -0.3 is 0 Å². The Morgan fingerprint density at radius 2 is 1.38 bits per heavy atom. The zero-order valence-electron chi connectivity index (χ0n) is 14.0. The fraction of sp³-hybridized carbons (Fsp3) is 0.217. The second-order valence-electron chi connectivity index (χ2n) is 6.58. The normalized spacial score (nSPS) is 17.2. The quantitative estimate of drug-likeness (QED) is 0.584. The lowest BCUT2D eigenvalue weighted by atomic mass is 9.86. The van der Waals surface area contributed by atoms with Crippen molar-refractivity contribution in [3.05, 3.63) is 89.0 Å². The Morgan fingerprint density at radius 3 is 1.92 bits per heavy atom. The minimum Gasteiger partial charge on any atom is -0.299 e. The monoisotopic (exact) mass is 313 g/mol. The summed E-state index contributed by atoms with van der Waals surface area (Å²) in [6, 6.07) is 17.6. The molecule has 0 saturated carbocycles. The molecule has 0 spiro atoms. The van der Waals surface area contributed by atoms with Gasteiger partial charge in [0.1, 0.15) is 0 Å². The van der Waals surface area contributed by atoms with E-state index < -0.39 is 0 Å². The first-order chi connectivity index (χ1) is 11.9. The van der Waals surface area contributed by atoms with Crippen molar-refractivity contribution in [2.45, 2.75) is 12.8 Å². The molecule has 4 rings (SSSR count). The Bertz CT molecular complexity index is 764. The second-order valence-corrected chi connectivity index (χ2v) is 6.58. The van der Waals surface area contributed by atoms with E-state index in [2.05, 4.69) is 72.2 Å². The molecule has 1 nitrogen and oxygen atoms in total. The first-order valence-corrected chi connectivity index (χ1v) is 8.79. The van der Waals surface area contributed by atoms with E-state index >= 15 is 0 Å². The number of piperidine rings is 1. The molecule has 0 radical (unpaired) electrons. The van der Waals surface area contributed by atoms with Gasteiger partial charge in [-0.05, 0) is 40.7 Å². The Morgan fingerprint density at radius 1 is 0.833 bits per heavy atom. The number of likely N-dealkylation sites (tertiary alicyclic amines) is 1. The van der Waals surface area contributed by atoms with Crippen molar-refractivity contribution in [1.82, 2.24) is 4.90 Å². The number of rotatable bonds is 2.